The number of anilines is 1. The molecule has 0 bridgehead atoms. The summed E-state index contributed by atoms with van der Waals surface area (Å²) in [5.74, 6) is -1.52. The molecule has 1 amide bonds. The van der Waals surface area contributed by atoms with Crippen molar-refractivity contribution in [2.45, 2.75) is 0 Å². The van der Waals surface area contributed by atoms with Gasteiger partial charge in [0, 0.05) is 16.9 Å². The minimum atomic E-state index is -1.19. The van der Waals surface area contributed by atoms with Gasteiger partial charge in [0.15, 0.2) is 0 Å². The van der Waals surface area contributed by atoms with E-state index in [0.29, 0.717) is 5.82 Å². The number of aliphatic carboxylic acids is 1. The molecular weight excluding hydrogens is 316 g/mol. The Kier molecular flexibility index (Phi) is 5.50. The summed E-state index contributed by atoms with van der Waals surface area (Å²) in [5.41, 5.74) is -0.247. The van der Waals surface area contributed by atoms with E-state index >= 15 is 0 Å². The van der Waals surface area contributed by atoms with Gasteiger partial charge in [-0.25, -0.2) is 4.98 Å². The Morgan fingerprint density at radius 3 is 2.89 bits per heavy atom. The third-order valence-corrected chi connectivity index (χ3v) is 2.34. The van der Waals surface area contributed by atoms with Crippen LogP contribution in [-0.2, 0) is 9.59 Å². The van der Waals surface area contributed by atoms with Gasteiger partial charge in [0.1, 0.15) is 24.0 Å². The lowest BCUT2D eigenvalue weighted by molar-refractivity contribution is -0.137. The third kappa shape index (κ3) is 5.18. The van der Waals surface area contributed by atoms with Gasteiger partial charge in [-0.15, -0.1) is 0 Å². The maximum Gasteiger partial charge on any atom is 0.322 e. The number of rotatable bonds is 5. The summed E-state index contributed by atoms with van der Waals surface area (Å²) in [6.07, 6.45) is 2.70. The molecule has 0 aliphatic heterocycles. The number of nitrogens with zero attached hydrogens (tertiary/aromatic N) is 2. The van der Waals surface area contributed by atoms with Crippen molar-refractivity contribution in [2.75, 3.05) is 11.9 Å². The predicted molar refractivity (Wildman–Crippen MR) is 69.9 cm³/mol. The van der Waals surface area contributed by atoms with Crippen molar-refractivity contribution in [3.63, 3.8) is 0 Å². The number of nitriles is 1. The third-order valence-electron chi connectivity index (χ3n) is 1.85. The summed E-state index contributed by atoms with van der Waals surface area (Å²) in [6, 6.07) is 5.04. The van der Waals surface area contributed by atoms with Gasteiger partial charge in [0.2, 0.25) is 0 Å². The fourth-order valence-electron chi connectivity index (χ4n) is 1.03. The van der Waals surface area contributed by atoms with Gasteiger partial charge in [0.05, 0.1) is 0 Å². The fraction of sp³-hybridized carbons (Fsp3) is 0.0909. The zero-order valence-electron chi connectivity index (χ0n) is 9.55. The first-order valence-corrected chi connectivity index (χ1v) is 5.80. The van der Waals surface area contributed by atoms with Crippen molar-refractivity contribution < 1.29 is 14.7 Å². The molecule has 1 aromatic heterocycles. The van der Waals surface area contributed by atoms with Crippen molar-refractivity contribution in [1.82, 2.24) is 10.3 Å². The molecule has 1 rings (SSSR count). The quantitative estimate of drug-likeness (QED) is 0.546. The van der Waals surface area contributed by atoms with Gasteiger partial charge in [-0.2, -0.15) is 5.26 Å². The van der Waals surface area contributed by atoms with E-state index in [-0.39, 0.29) is 5.57 Å². The molecule has 0 saturated carbocycles. The van der Waals surface area contributed by atoms with Crippen LogP contribution in [0.3, 0.4) is 0 Å². The number of halogens is 1. The van der Waals surface area contributed by atoms with Crippen LogP contribution in [0.5, 0.6) is 0 Å². The normalized spacial score (nSPS) is 10.4. The minimum Gasteiger partial charge on any atom is -0.480 e. The molecule has 0 aliphatic rings. The second kappa shape index (κ2) is 7.13. The second-order valence-corrected chi connectivity index (χ2v) is 4.17. The Morgan fingerprint density at radius 2 is 2.32 bits per heavy atom. The van der Waals surface area contributed by atoms with Crippen molar-refractivity contribution in [3.8, 4) is 6.07 Å². The Hall–Kier alpha value is -2.40. The molecule has 8 heteroatoms. The van der Waals surface area contributed by atoms with Gasteiger partial charge in [-0.1, -0.05) is 15.9 Å². The van der Waals surface area contributed by atoms with Gasteiger partial charge in [-0.3, -0.25) is 9.59 Å². The van der Waals surface area contributed by atoms with E-state index in [1.807, 2.05) is 0 Å². The van der Waals surface area contributed by atoms with Crippen molar-refractivity contribution >= 4 is 33.6 Å². The van der Waals surface area contributed by atoms with Gasteiger partial charge < -0.3 is 15.7 Å². The van der Waals surface area contributed by atoms with Crippen LogP contribution in [0.4, 0.5) is 5.82 Å². The highest BCUT2D eigenvalue weighted by molar-refractivity contribution is 9.10. The van der Waals surface area contributed by atoms with Gasteiger partial charge in [-0.05, 0) is 12.1 Å². The summed E-state index contributed by atoms with van der Waals surface area (Å²) in [5, 5.41) is 22.0. The maximum absolute atomic E-state index is 11.4. The van der Waals surface area contributed by atoms with E-state index in [0.717, 1.165) is 10.7 Å². The van der Waals surface area contributed by atoms with Crippen molar-refractivity contribution in [3.05, 3.63) is 34.6 Å². The molecule has 3 N–H and O–H groups in total. The Labute approximate surface area is 117 Å². The van der Waals surface area contributed by atoms with Gasteiger partial charge in [0.25, 0.3) is 5.91 Å². The molecule has 0 atom stereocenters. The first kappa shape index (κ1) is 14.7. The predicted octanol–water partition coefficient (Wildman–Crippen LogP) is 0.864. The molecule has 0 radical (unpaired) electrons. The minimum absolute atomic E-state index is 0.247. The zero-order chi connectivity index (χ0) is 14.3. The first-order valence-electron chi connectivity index (χ1n) is 5.01. The average Bonchev–Trinajstić information content (AvgIpc) is 2.37. The molecule has 0 aliphatic carbocycles. The van der Waals surface area contributed by atoms with Crippen LogP contribution in [0.25, 0.3) is 0 Å². The summed E-state index contributed by atoms with van der Waals surface area (Å²) >= 11 is 3.25. The number of hydrogen-bond acceptors (Lipinski definition) is 5. The highest BCUT2D eigenvalue weighted by Crippen LogP contribution is 2.12. The fourth-order valence-corrected chi connectivity index (χ4v) is 1.36. The smallest absolute Gasteiger partial charge is 0.322 e. The zero-order valence-corrected chi connectivity index (χ0v) is 11.1. The van der Waals surface area contributed by atoms with E-state index in [1.165, 1.54) is 6.20 Å². The van der Waals surface area contributed by atoms with Crippen LogP contribution >= 0.6 is 15.9 Å². The highest BCUT2D eigenvalue weighted by Gasteiger charge is 2.09. The van der Waals surface area contributed by atoms with E-state index in [4.69, 9.17) is 10.4 Å². The van der Waals surface area contributed by atoms with Crippen molar-refractivity contribution in [2.24, 2.45) is 0 Å². The van der Waals surface area contributed by atoms with E-state index < -0.39 is 18.4 Å². The topological polar surface area (TPSA) is 115 Å². The molecule has 0 saturated heterocycles. The van der Waals surface area contributed by atoms with Crippen LogP contribution in [0.1, 0.15) is 0 Å². The molecular formula is C11H9BrN4O3. The number of carbonyl (C=O) groups is 2. The largest absolute Gasteiger partial charge is 0.480 e. The van der Waals surface area contributed by atoms with Crippen LogP contribution < -0.4 is 10.6 Å². The summed E-state index contributed by atoms with van der Waals surface area (Å²) in [4.78, 5) is 25.7. The number of hydrogen-bond donors (Lipinski definition) is 3. The van der Waals surface area contributed by atoms with Crippen molar-refractivity contribution in [1.29, 1.82) is 5.26 Å². The molecule has 0 unspecified atom stereocenters. The number of carboxylic acid groups (broad SMARTS) is 1. The molecule has 7 nitrogen and oxygen atoms in total. The molecule has 0 spiro atoms. The van der Waals surface area contributed by atoms with Crippen LogP contribution in [0.2, 0.25) is 0 Å². The molecule has 0 aromatic carbocycles. The van der Waals surface area contributed by atoms with E-state index in [9.17, 15) is 9.59 Å². The van der Waals surface area contributed by atoms with Crippen LogP contribution in [0, 0.1) is 11.3 Å². The summed E-state index contributed by atoms with van der Waals surface area (Å²) in [7, 11) is 0. The number of carboxylic acids is 1. The first-order chi connectivity index (χ1) is 9.02. The second-order valence-electron chi connectivity index (χ2n) is 3.25. The number of aromatic nitrogens is 1. The van der Waals surface area contributed by atoms with Gasteiger partial charge >= 0.3 is 5.97 Å². The number of nitrogens with one attached hydrogen (secondary N) is 2. The molecule has 19 heavy (non-hydrogen) atoms. The van der Waals surface area contributed by atoms with Crippen LogP contribution in [-0.4, -0.2) is 28.5 Å². The number of pyridine rings is 1. The lowest BCUT2D eigenvalue weighted by Gasteiger charge is -2.02. The summed E-state index contributed by atoms with van der Waals surface area (Å²) < 4.78 is 0.784. The van der Waals surface area contributed by atoms with E-state index in [2.05, 4.69) is 31.5 Å². The lowest BCUT2D eigenvalue weighted by atomic mass is 10.3. The number of amides is 1. The van der Waals surface area contributed by atoms with E-state index in [1.54, 1.807) is 18.2 Å². The molecule has 1 heterocycles. The number of carbonyl (C=O) groups excluding carboxylic acids is 1. The molecule has 0 fully saturated rings. The molecule has 1 aromatic rings. The average molecular weight is 325 g/mol. The highest BCUT2D eigenvalue weighted by atomic mass is 79.9. The standard InChI is InChI=1S/C11H9BrN4O3/c12-8-1-2-14-9(3-8)15-5-7(4-13)11(19)16-6-10(17)18/h1-3,5H,6H2,(H,14,15)(H,16,19)(H,17,18)/b7-5-. The summed E-state index contributed by atoms with van der Waals surface area (Å²) in [6.45, 7) is -0.549. The SMILES string of the molecule is N#C/C(=C/Nc1cc(Br)ccn1)C(=O)NCC(=O)O. The lowest BCUT2D eigenvalue weighted by Crippen LogP contribution is -2.30. The molecule has 98 valence electrons. The monoisotopic (exact) mass is 324 g/mol. The Balaban J connectivity index is 2.69. The Morgan fingerprint density at radius 1 is 1.58 bits per heavy atom. The maximum atomic E-state index is 11.4. The van der Waals surface area contributed by atoms with Crippen LogP contribution in [0.15, 0.2) is 34.6 Å². The Bertz CT molecular complexity index is 565.